The molecule has 0 amide bonds. The minimum Gasteiger partial charge on any atom is -0.493 e. The summed E-state index contributed by atoms with van der Waals surface area (Å²) in [5, 5.41) is 3.51. The zero-order valence-electron chi connectivity index (χ0n) is 12.9. The van der Waals surface area contributed by atoms with E-state index in [9.17, 15) is 0 Å². The summed E-state index contributed by atoms with van der Waals surface area (Å²) < 4.78 is 11.0. The van der Waals surface area contributed by atoms with Gasteiger partial charge >= 0.3 is 0 Å². The minimum absolute atomic E-state index is 0.346. The molecule has 2 rings (SSSR count). The average Bonchev–Trinajstić information content (AvgIpc) is 2.77. The molecule has 1 atom stereocenters. The van der Waals surface area contributed by atoms with Crippen LogP contribution in [0, 0.1) is 5.92 Å². The van der Waals surface area contributed by atoms with Gasteiger partial charge in [-0.1, -0.05) is 37.8 Å². The lowest BCUT2D eigenvalue weighted by Gasteiger charge is -2.28. The highest BCUT2D eigenvalue weighted by Crippen LogP contribution is 2.40. The second-order valence-corrected chi connectivity index (χ2v) is 5.60. The lowest BCUT2D eigenvalue weighted by Crippen LogP contribution is -2.25. The van der Waals surface area contributed by atoms with Crippen LogP contribution in [0.2, 0.25) is 0 Å². The van der Waals surface area contributed by atoms with Crippen molar-refractivity contribution in [1.29, 1.82) is 0 Å². The summed E-state index contributed by atoms with van der Waals surface area (Å²) in [5.74, 6) is 2.38. The van der Waals surface area contributed by atoms with E-state index in [1.54, 1.807) is 14.2 Å². The summed E-state index contributed by atoms with van der Waals surface area (Å²) in [4.78, 5) is 0. The van der Waals surface area contributed by atoms with Crippen LogP contribution in [0.15, 0.2) is 18.2 Å². The summed E-state index contributed by atoms with van der Waals surface area (Å²) in [6.07, 6.45) is 8.03. The fraction of sp³-hybridized carbons (Fsp3) is 0.647. The largest absolute Gasteiger partial charge is 0.493 e. The smallest absolute Gasteiger partial charge is 0.165 e. The van der Waals surface area contributed by atoms with Crippen molar-refractivity contribution in [3.8, 4) is 11.5 Å². The van der Waals surface area contributed by atoms with E-state index in [0.29, 0.717) is 12.0 Å². The molecule has 112 valence electrons. The van der Waals surface area contributed by atoms with Crippen molar-refractivity contribution in [2.24, 2.45) is 5.92 Å². The van der Waals surface area contributed by atoms with Crippen LogP contribution < -0.4 is 14.8 Å². The Labute approximate surface area is 122 Å². The van der Waals surface area contributed by atoms with Gasteiger partial charge in [0.05, 0.1) is 14.2 Å². The van der Waals surface area contributed by atoms with Crippen molar-refractivity contribution in [2.45, 2.75) is 44.6 Å². The van der Waals surface area contributed by atoms with Crippen molar-refractivity contribution >= 4 is 0 Å². The zero-order chi connectivity index (χ0) is 14.4. The minimum atomic E-state index is 0.346. The Morgan fingerprint density at radius 2 is 1.75 bits per heavy atom. The van der Waals surface area contributed by atoms with E-state index in [4.69, 9.17) is 9.47 Å². The van der Waals surface area contributed by atoms with Gasteiger partial charge < -0.3 is 14.8 Å². The number of nitrogens with one attached hydrogen (secondary N) is 1. The van der Waals surface area contributed by atoms with Gasteiger partial charge in [0.2, 0.25) is 0 Å². The van der Waals surface area contributed by atoms with E-state index in [0.717, 1.165) is 11.5 Å². The molecule has 1 aliphatic rings. The number of ether oxygens (including phenoxy) is 2. The molecule has 3 nitrogen and oxygen atoms in total. The van der Waals surface area contributed by atoms with Gasteiger partial charge in [0, 0.05) is 11.6 Å². The Bertz CT molecular complexity index is 411. The van der Waals surface area contributed by atoms with Gasteiger partial charge in [-0.25, -0.2) is 0 Å². The van der Waals surface area contributed by atoms with Gasteiger partial charge in [-0.3, -0.25) is 0 Å². The molecular weight excluding hydrogens is 250 g/mol. The quantitative estimate of drug-likeness (QED) is 0.827. The molecule has 1 saturated carbocycles. The molecular formula is C17H27NO2. The van der Waals surface area contributed by atoms with Crippen molar-refractivity contribution in [1.82, 2.24) is 5.32 Å². The van der Waals surface area contributed by atoms with Crippen LogP contribution in [0.5, 0.6) is 11.5 Å². The number of hydrogen-bond donors (Lipinski definition) is 1. The van der Waals surface area contributed by atoms with Crippen molar-refractivity contribution < 1.29 is 9.47 Å². The van der Waals surface area contributed by atoms with Crippen LogP contribution in [0.25, 0.3) is 0 Å². The fourth-order valence-electron chi connectivity index (χ4n) is 3.45. The van der Waals surface area contributed by atoms with E-state index in [2.05, 4.69) is 24.5 Å². The molecule has 1 aliphatic carbocycles. The molecule has 0 spiro atoms. The predicted molar refractivity (Wildman–Crippen MR) is 82.5 cm³/mol. The van der Waals surface area contributed by atoms with E-state index in [1.807, 2.05) is 6.07 Å². The normalized spacial score (nSPS) is 18.4. The van der Waals surface area contributed by atoms with Crippen LogP contribution in [0.3, 0.4) is 0 Å². The third kappa shape index (κ3) is 3.26. The number of methoxy groups -OCH3 is 2. The Morgan fingerprint density at radius 3 is 2.30 bits per heavy atom. The molecule has 0 aliphatic heterocycles. The van der Waals surface area contributed by atoms with Gasteiger partial charge in [-0.15, -0.1) is 0 Å². The predicted octanol–water partition coefficient (Wildman–Crippen LogP) is 3.93. The highest BCUT2D eigenvalue weighted by atomic mass is 16.5. The highest BCUT2D eigenvalue weighted by molar-refractivity contribution is 5.48. The van der Waals surface area contributed by atoms with E-state index < -0.39 is 0 Å². The summed E-state index contributed by atoms with van der Waals surface area (Å²) in [5.41, 5.74) is 1.22. The first-order valence-electron chi connectivity index (χ1n) is 7.70. The maximum absolute atomic E-state index is 5.61. The second-order valence-electron chi connectivity index (χ2n) is 5.60. The number of para-hydroxylation sites is 1. The zero-order valence-corrected chi connectivity index (χ0v) is 12.9. The first-order valence-corrected chi connectivity index (χ1v) is 7.70. The molecule has 3 heteroatoms. The number of hydrogen-bond acceptors (Lipinski definition) is 3. The van der Waals surface area contributed by atoms with Gasteiger partial charge in [-0.2, -0.15) is 0 Å². The van der Waals surface area contributed by atoms with Crippen LogP contribution in [0.4, 0.5) is 0 Å². The van der Waals surface area contributed by atoms with Gasteiger partial charge in [0.1, 0.15) is 0 Å². The monoisotopic (exact) mass is 277 g/mol. The molecule has 0 saturated heterocycles. The third-order valence-electron chi connectivity index (χ3n) is 4.45. The Hall–Kier alpha value is -1.22. The molecule has 0 radical (unpaired) electrons. The Balaban J connectivity index is 2.30. The summed E-state index contributed by atoms with van der Waals surface area (Å²) >= 11 is 0. The topological polar surface area (TPSA) is 30.5 Å². The second kappa shape index (κ2) is 7.53. The molecule has 0 aromatic heterocycles. The molecule has 1 unspecified atom stereocenters. The first-order chi connectivity index (χ1) is 9.81. The number of benzene rings is 1. The van der Waals surface area contributed by atoms with Crippen molar-refractivity contribution in [3.05, 3.63) is 23.8 Å². The van der Waals surface area contributed by atoms with Crippen LogP contribution in [-0.4, -0.2) is 21.3 Å². The SMILES string of the molecule is CNC(c1cccc(OC)c1OC)C1CCCCCC1. The van der Waals surface area contributed by atoms with Crippen LogP contribution in [-0.2, 0) is 0 Å². The van der Waals surface area contributed by atoms with Crippen LogP contribution >= 0.6 is 0 Å². The van der Waals surface area contributed by atoms with Gasteiger partial charge in [-0.05, 0) is 31.9 Å². The summed E-state index contributed by atoms with van der Waals surface area (Å²) in [6.45, 7) is 0. The van der Waals surface area contributed by atoms with Crippen LogP contribution in [0.1, 0.15) is 50.1 Å². The fourth-order valence-corrected chi connectivity index (χ4v) is 3.45. The lowest BCUT2D eigenvalue weighted by atomic mass is 9.86. The van der Waals surface area contributed by atoms with Crippen molar-refractivity contribution in [2.75, 3.05) is 21.3 Å². The Morgan fingerprint density at radius 1 is 1.05 bits per heavy atom. The maximum Gasteiger partial charge on any atom is 0.165 e. The van der Waals surface area contributed by atoms with Gasteiger partial charge in [0.25, 0.3) is 0 Å². The summed E-state index contributed by atoms with van der Waals surface area (Å²) in [7, 11) is 5.47. The summed E-state index contributed by atoms with van der Waals surface area (Å²) in [6, 6.07) is 6.52. The molecule has 0 bridgehead atoms. The Kier molecular flexibility index (Phi) is 5.72. The van der Waals surface area contributed by atoms with E-state index in [-0.39, 0.29) is 0 Å². The molecule has 0 heterocycles. The van der Waals surface area contributed by atoms with E-state index in [1.165, 1.54) is 44.1 Å². The molecule has 1 aromatic rings. The third-order valence-corrected chi connectivity index (χ3v) is 4.45. The molecule has 20 heavy (non-hydrogen) atoms. The maximum atomic E-state index is 5.61. The molecule has 1 N–H and O–H groups in total. The number of rotatable bonds is 5. The lowest BCUT2D eigenvalue weighted by molar-refractivity contribution is 0.314. The molecule has 1 aromatic carbocycles. The first kappa shape index (κ1) is 15.2. The standard InChI is InChI=1S/C17H27NO2/c1-18-16(13-9-6-4-5-7-10-13)14-11-8-12-15(19-2)17(14)20-3/h8,11-13,16,18H,4-7,9-10H2,1-3H3. The highest BCUT2D eigenvalue weighted by Gasteiger charge is 2.26. The average molecular weight is 277 g/mol. The van der Waals surface area contributed by atoms with Crippen molar-refractivity contribution in [3.63, 3.8) is 0 Å². The molecule has 1 fully saturated rings. The van der Waals surface area contributed by atoms with E-state index >= 15 is 0 Å². The van der Waals surface area contributed by atoms with Gasteiger partial charge in [0.15, 0.2) is 11.5 Å².